The molecule has 0 saturated carbocycles. The maximum Gasteiger partial charge on any atom is 0.315 e. The number of nitriles is 1. The number of ether oxygens (including phenoxy) is 2. The van der Waals surface area contributed by atoms with Crippen LogP contribution in [0.25, 0.3) is 0 Å². The Labute approximate surface area is 175 Å². The van der Waals surface area contributed by atoms with Gasteiger partial charge in [0.25, 0.3) is 0 Å². The van der Waals surface area contributed by atoms with Crippen molar-refractivity contribution in [3.8, 4) is 17.6 Å². The van der Waals surface area contributed by atoms with Gasteiger partial charge >= 0.3 is 5.97 Å². The van der Waals surface area contributed by atoms with Gasteiger partial charge in [0.15, 0.2) is 0 Å². The van der Waals surface area contributed by atoms with Crippen molar-refractivity contribution < 1.29 is 14.3 Å². The molecule has 2 rings (SSSR count). The van der Waals surface area contributed by atoms with Gasteiger partial charge in [-0.3, -0.25) is 4.79 Å². The first-order chi connectivity index (χ1) is 13.2. The average Bonchev–Trinajstić information content (AvgIpc) is 2.64. The second kappa shape index (κ2) is 9.64. The Hall–Kier alpha value is -2.48. The quantitative estimate of drug-likeness (QED) is 0.498. The predicted octanol–water partition coefficient (Wildman–Crippen LogP) is 6.57. The lowest BCUT2D eigenvalue weighted by Crippen LogP contribution is -2.29. The zero-order valence-electron chi connectivity index (χ0n) is 15.9. The summed E-state index contributed by atoms with van der Waals surface area (Å²) in [7, 11) is 0. The molecule has 2 aromatic rings. The van der Waals surface area contributed by atoms with E-state index in [1.54, 1.807) is 24.3 Å². The largest absolute Gasteiger partial charge is 0.457 e. The molecule has 2 unspecified atom stereocenters. The maximum atomic E-state index is 12.7. The van der Waals surface area contributed by atoms with Crippen LogP contribution in [-0.2, 0) is 9.53 Å². The van der Waals surface area contributed by atoms with E-state index in [-0.39, 0.29) is 4.49 Å². The van der Waals surface area contributed by atoms with Crippen molar-refractivity contribution >= 4 is 29.2 Å². The van der Waals surface area contributed by atoms with Gasteiger partial charge in [0.2, 0.25) is 6.10 Å². The highest BCUT2D eigenvalue weighted by Gasteiger charge is 2.33. The third-order valence-electron chi connectivity index (χ3n) is 3.97. The van der Waals surface area contributed by atoms with E-state index in [0.717, 1.165) is 0 Å². The van der Waals surface area contributed by atoms with E-state index in [4.69, 9.17) is 32.7 Å². The Morgan fingerprint density at radius 1 is 1.07 bits per heavy atom. The molecule has 0 bridgehead atoms. The van der Waals surface area contributed by atoms with Gasteiger partial charge in [-0.25, -0.2) is 0 Å². The number of hydrogen-bond acceptors (Lipinski definition) is 4. The van der Waals surface area contributed by atoms with Gasteiger partial charge in [0.1, 0.15) is 22.1 Å². The summed E-state index contributed by atoms with van der Waals surface area (Å²) in [6, 6.07) is 18.2. The van der Waals surface area contributed by atoms with Crippen LogP contribution in [0.3, 0.4) is 0 Å². The first-order valence-corrected chi connectivity index (χ1v) is 9.42. The van der Waals surface area contributed by atoms with E-state index in [1.165, 1.54) is 6.08 Å². The van der Waals surface area contributed by atoms with E-state index in [9.17, 15) is 10.1 Å². The number of carbonyl (C=O) groups excluding carboxylic acids is 1. The summed E-state index contributed by atoms with van der Waals surface area (Å²) in [5.41, 5.74) is 0.0302. The number of rotatable bonds is 6. The third kappa shape index (κ3) is 6.30. The number of esters is 1. The normalized spacial score (nSPS) is 13.0. The summed E-state index contributed by atoms with van der Waals surface area (Å²) < 4.78 is 11.2. The molecule has 2 atom stereocenters. The third-order valence-corrected chi connectivity index (χ3v) is 4.22. The lowest BCUT2D eigenvalue weighted by Gasteiger charge is -2.27. The van der Waals surface area contributed by atoms with Crippen molar-refractivity contribution in [1.29, 1.82) is 5.26 Å². The summed E-state index contributed by atoms with van der Waals surface area (Å²) in [5.74, 6) is -0.0692. The average molecular weight is 418 g/mol. The van der Waals surface area contributed by atoms with Crippen molar-refractivity contribution in [3.63, 3.8) is 0 Å². The zero-order chi connectivity index (χ0) is 20.7. The lowest BCUT2D eigenvalue weighted by atomic mass is 9.81. The van der Waals surface area contributed by atoms with Crippen molar-refractivity contribution in [2.24, 2.45) is 11.3 Å². The molecular formula is C22H21Cl2NO3. The molecule has 28 heavy (non-hydrogen) atoms. The molecule has 0 saturated heterocycles. The van der Waals surface area contributed by atoms with E-state index < -0.39 is 23.4 Å². The van der Waals surface area contributed by atoms with Crippen LogP contribution in [0, 0.1) is 22.7 Å². The summed E-state index contributed by atoms with van der Waals surface area (Å²) in [5, 5.41) is 9.54. The molecule has 0 N–H and O–H groups in total. The zero-order valence-corrected chi connectivity index (χ0v) is 17.4. The van der Waals surface area contributed by atoms with Crippen LogP contribution in [0.2, 0.25) is 0 Å². The van der Waals surface area contributed by atoms with Gasteiger partial charge in [0, 0.05) is 5.56 Å². The van der Waals surface area contributed by atoms with Gasteiger partial charge < -0.3 is 9.47 Å². The van der Waals surface area contributed by atoms with Crippen molar-refractivity contribution in [3.05, 3.63) is 70.7 Å². The number of carbonyl (C=O) groups is 1. The molecule has 4 nitrogen and oxygen atoms in total. The highest BCUT2D eigenvalue weighted by Crippen LogP contribution is 2.33. The van der Waals surface area contributed by atoms with Crippen molar-refractivity contribution in [1.82, 2.24) is 0 Å². The Morgan fingerprint density at radius 2 is 1.71 bits per heavy atom. The Morgan fingerprint density at radius 3 is 2.29 bits per heavy atom. The van der Waals surface area contributed by atoms with Crippen LogP contribution in [0.1, 0.15) is 32.4 Å². The van der Waals surface area contributed by atoms with Gasteiger partial charge in [-0.2, -0.15) is 5.26 Å². The van der Waals surface area contributed by atoms with Crippen LogP contribution in [0.5, 0.6) is 11.5 Å². The van der Waals surface area contributed by atoms with Crippen LogP contribution >= 0.6 is 23.2 Å². The Bertz CT molecular complexity index is 879. The molecule has 0 aliphatic carbocycles. The van der Waals surface area contributed by atoms with Gasteiger partial charge in [0.05, 0.1) is 5.92 Å². The second-order valence-electron chi connectivity index (χ2n) is 7.23. The molecule has 0 aromatic heterocycles. The molecule has 0 fully saturated rings. The maximum absolute atomic E-state index is 12.7. The molecule has 0 heterocycles. The van der Waals surface area contributed by atoms with Gasteiger partial charge in [-0.15, -0.1) is 0 Å². The minimum atomic E-state index is -1.08. The van der Waals surface area contributed by atoms with Crippen LogP contribution in [0.4, 0.5) is 0 Å². The lowest BCUT2D eigenvalue weighted by molar-refractivity contribution is -0.153. The molecule has 0 radical (unpaired) electrons. The SMILES string of the molecule is CC(C)(C)C(C=C(Cl)Cl)C(=O)OC(C#N)c1cccc(Oc2ccccc2)c1. The fourth-order valence-electron chi connectivity index (χ4n) is 2.52. The smallest absolute Gasteiger partial charge is 0.315 e. The van der Waals surface area contributed by atoms with Crippen LogP contribution in [0.15, 0.2) is 65.2 Å². The van der Waals surface area contributed by atoms with E-state index in [1.807, 2.05) is 57.2 Å². The molecule has 146 valence electrons. The summed E-state index contributed by atoms with van der Waals surface area (Å²) in [4.78, 5) is 12.7. The molecule has 0 aliphatic rings. The summed E-state index contributed by atoms with van der Waals surface area (Å²) >= 11 is 11.5. The van der Waals surface area contributed by atoms with Crippen LogP contribution < -0.4 is 4.74 Å². The van der Waals surface area contributed by atoms with E-state index in [2.05, 4.69) is 0 Å². The molecule has 0 aliphatic heterocycles. The summed E-state index contributed by atoms with van der Waals surface area (Å²) in [6.07, 6.45) is 0.341. The number of benzene rings is 2. The van der Waals surface area contributed by atoms with E-state index >= 15 is 0 Å². The highest BCUT2D eigenvalue weighted by atomic mass is 35.5. The molecule has 0 spiro atoms. The molecule has 0 amide bonds. The molecule has 6 heteroatoms. The number of halogens is 2. The molecular weight excluding hydrogens is 397 g/mol. The Kier molecular flexibility index (Phi) is 7.51. The second-order valence-corrected chi connectivity index (χ2v) is 8.24. The number of para-hydroxylation sites is 1. The monoisotopic (exact) mass is 417 g/mol. The summed E-state index contributed by atoms with van der Waals surface area (Å²) in [6.45, 7) is 5.59. The predicted molar refractivity (Wildman–Crippen MR) is 110 cm³/mol. The molecule has 2 aromatic carbocycles. The highest BCUT2D eigenvalue weighted by molar-refractivity contribution is 6.55. The first kappa shape index (κ1) is 21.8. The van der Waals surface area contributed by atoms with Gasteiger partial charge in [-0.05, 0) is 35.8 Å². The van der Waals surface area contributed by atoms with Crippen molar-refractivity contribution in [2.45, 2.75) is 26.9 Å². The van der Waals surface area contributed by atoms with Gasteiger partial charge in [-0.1, -0.05) is 74.3 Å². The van der Waals surface area contributed by atoms with Crippen LogP contribution in [-0.4, -0.2) is 5.97 Å². The minimum absolute atomic E-state index is 0.0244. The number of nitrogens with zero attached hydrogens (tertiary/aromatic N) is 1. The minimum Gasteiger partial charge on any atom is -0.457 e. The topological polar surface area (TPSA) is 59.3 Å². The van der Waals surface area contributed by atoms with Crippen molar-refractivity contribution in [2.75, 3.05) is 0 Å². The fraction of sp³-hybridized carbons (Fsp3) is 0.273. The Balaban J connectivity index is 2.21. The fourth-order valence-corrected chi connectivity index (χ4v) is 2.77. The first-order valence-electron chi connectivity index (χ1n) is 8.66. The van der Waals surface area contributed by atoms with E-state index in [0.29, 0.717) is 17.1 Å². The standard InChI is InChI=1S/C22H21Cl2NO3/c1-22(2,3)18(13-20(23)24)21(26)28-19(14-25)15-8-7-11-17(12-15)27-16-9-5-4-6-10-16/h4-13,18-19H,1-3H3. The number of hydrogen-bond donors (Lipinski definition) is 0.